The Labute approximate surface area is 180 Å². The van der Waals surface area contributed by atoms with Crippen LogP contribution in [0.3, 0.4) is 0 Å². The van der Waals surface area contributed by atoms with Gasteiger partial charge in [-0.05, 0) is 78.4 Å². The molecule has 0 bridgehead atoms. The van der Waals surface area contributed by atoms with Gasteiger partial charge in [-0.1, -0.05) is 47.5 Å². The Bertz CT molecular complexity index is 1010. The molecular weight excluding hydrogens is 407 g/mol. The molecule has 0 aliphatic carbocycles. The summed E-state index contributed by atoms with van der Waals surface area (Å²) in [6.07, 6.45) is 0. The van der Waals surface area contributed by atoms with Crippen LogP contribution in [0.5, 0.6) is 5.75 Å². The molecule has 1 N–H and O–H groups in total. The van der Waals surface area contributed by atoms with E-state index >= 15 is 0 Å². The number of esters is 1. The van der Waals surface area contributed by atoms with E-state index in [4.69, 9.17) is 27.9 Å². The van der Waals surface area contributed by atoms with Gasteiger partial charge in [-0.3, -0.25) is 0 Å². The van der Waals surface area contributed by atoms with Gasteiger partial charge in [0.1, 0.15) is 11.3 Å². The quantitative estimate of drug-likeness (QED) is 0.376. The number of phenols is 1. The highest BCUT2D eigenvalue weighted by Gasteiger charge is 2.28. The zero-order valence-electron chi connectivity index (χ0n) is 16.7. The lowest BCUT2D eigenvalue weighted by Crippen LogP contribution is -2.14. The third kappa shape index (κ3) is 3.98. The van der Waals surface area contributed by atoms with Gasteiger partial charge in [0.25, 0.3) is 0 Å². The second kappa shape index (κ2) is 8.48. The van der Waals surface area contributed by atoms with Crippen molar-refractivity contribution in [3.63, 3.8) is 0 Å². The molecule has 3 aromatic carbocycles. The SMILES string of the molecule is COC(=O)c1c(C)c(C(c2ccc(Cl)cc2)c2ccc(Cl)cc2)c(C)c(C)c1O. The Morgan fingerprint density at radius 2 is 1.28 bits per heavy atom. The van der Waals surface area contributed by atoms with Crippen molar-refractivity contribution in [2.24, 2.45) is 0 Å². The van der Waals surface area contributed by atoms with Crippen molar-refractivity contribution < 1.29 is 14.6 Å². The average molecular weight is 429 g/mol. The number of methoxy groups -OCH3 is 1. The number of benzene rings is 3. The topological polar surface area (TPSA) is 46.5 Å². The number of ether oxygens (including phenoxy) is 1. The van der Waals surface area contributed by atoms with Gasteiger partial charge in [0.2, 0.25) is 0 Å². The van der Waals surface area contributed by atoms with E-state index in [-0.39, 0.29) is 17.2 Å². The number of carbonyl (C=O) groups is 1. The summed E-state index contributed by atoms with van der Waals surface area (Å²) in [5.41, 5.74) is 5.44. The van der Waals surface area contributed by atoms with Gasteiger partial charge < -0.3 is 9.84 Å². The molecule has 0 saturated carbocycles. The third-order valence-electron chi connectivity index (χ3n) is 5.42. The average Bonchev–Trinajstić information content (AvgIpc) is 2.71. The lowest BCUT2D eigenvalue weighted by atomic mass is 9.78. The van der Waals surface area contributed by atoms with E-state index in [0.717, 1.165) is 22.3 Å². The Hall–Kier alpha value is -2.49. The first-order valence-corrected chi connectivity index (χ1v) is 9.93. The molecule has 29 heavy (non-hydrogen) atoms. The number of carbonyl (C=O) groups excluding carboxylic acids is 1. The molecule has 0 aromatic heterocycles. The molecular formula is C24H22Cl2O3. The maximum Gasteiger partial charge on any atom is 0.341 e. The van der Waals surface area contributed by atoms with E-state index in [1.54, 1.807) is 6.92 Å². The molecule has 0 radical (unpaired) electrons. The highest BCUT2D eigenvalue weighted by atomic mass is 35.5. The van der Waals surface area contributed by atoms with Crippen LogP contribution in [-0.4, -0.2) is 18.2 Å². The van der Waals surface area contributed by atoms with Crippen LogP contribution in [0.2, 0.25) is 10.0 Å². The van der Waals surface area contributed by atoms with Crippen LogP contribution in [-0.2, 0) is 4.74 Å². The van der Waals surface area contributed by atoms with Crippen molar-refractivity contribution in [1.29, 1.82) is 0 Å². The molecule has 0 atom stereocenters. The van der Waals surface area contributed by atoms with Crippen LogP contribution >= 0.6 is 23.2 Å². The summed E-state index contributed by atoms with van der Waals surface area (Å²) < 4.78 is 4.94. The van der Waals surface area contributed by atoms with Crippen molar-refractivity contribution in [2.45, 2.75) is 26.7 Å². The summed E-state index contributed by atoms with van der Waals surface area (Å²) in [5, 5.41) is 11.9. The standard InChI is InChI=1S/C24H22Cl2O3/c1-13-14(2)23(27)21(24(28)29-4)15(3)20(13)22(16-5-9-18(25)10-6-16)17-7-11-19(26)12-8-17/h5-12,22,27H,1-4H3. The van der Waals surface area contributed by atoms with Gasteiger partial charge >= 0.3 is 5.97 Å². The van der Waals surface area contributed by atoms with E-state index in [1.807, 2.05) is 62.4 Å². The first-order chi connectivity index (χ1) is 13.8. The van der Waals surface area contributed by atoms with Gasteiger partial charge in [0, 0.05) is 16.0 Å². The molecule has 0 heterocycles. The number of aromatic hydroxyl groups is 1. The minimum absolute atomic E-state index is 0.0402. The van der Waals surface area contributed by atoms with Gasteiger partial charge in [0.05, 0.1) is 7.11 Å². The Morgan fingerprint density at radius 3 is 1.69 bits per heavy atom. The Balaban J connectivity index is 2.36. The van der Waals surface area contributed by atoms with Gasteiger partial charge in [-0.25, -0.2) is 4.79 Å². The summed E-state index contributed by atoms with van der Waals surface area (Å²) >= 11 is 12.2. The summed E-state index contributed by atoms with van der Waals surface area (Å²) in [5.74, 6) is -0.774. The van der Waals surface area contributed by atoms with E-state index in [2.05, 4.69) is 0 Å². The zero-order valence-corrected chi connectivity index (χ0v) is 18.2. The van der Waals surface area contributed by atoms with Crippen LogP contribution in [0.4, 0.5) is 0 Å². The fourth-order valence-electron chi connectivity index (χ4n) is 3.78. The van der Waals surface area contributed by atoms with E-state index in [0.29, 0.717) is 21.2 Å². The normalized spacial score (nSPS) is 11.0. The predicted octanol–water partition coefficient (Wildman–Crippen LogP) is 6.59. The molecule has 3 aromatic rings. The van der Waals surface area contributed by atoms with Crippen LogP contribution in [0, 0.1) is 20.8 Å². The third-order valence-corrected chi connectivity index (χ3v) is 5.93. The van der Waals surface area contributed by atoms with Crippen LogP contribution in [0.1, 0.15) is 49.7 Å². The monoisotopic (exact) mass is 428 g/mol. The molecule has 3 nitrogen and oxygen atoms in total. The Kier molecular flexibility index (Phi) is 6.21. The summed E-state index contributed by atoms with van der Waals surface area (Å²) in [6, 6.07) is 15.3. The number of hydrogen-bond donors (Lipinski definition) is 1. The smallest absolute Gasteiger partial charge is 0.341 e. The number of rotatable bonds is 4. The molecule has 5 heteroatoms. The first kappa shape index (κ1) is 21.2. The Morgan fingerprint density at radius 1 is 0.828 bits per heavy atom. The molecule has 0 aliphatic heterocycles. The van der Waals surface area contributed by atoms with Crippen molar-refractivity contribution >= 4 is 29.2 Å². The molecule has 0 aliphatic rings. The summed E-state index contributed by atoms with van der Waals surface area (Å²) in [4.78, 5) is 12.4. The van der Waals surface area contributed by atoms with Gasteiger partial charge in [-0.15, -0.1) is 0 Å². The lowest BCUT2D eigenvalue weighted by molar-refractivity contribution is 0.0596. The van der Waals surface area contributed by atoms with E-state index in [1.165, 1.54) is 7.11 Å². The summed E-state index contributed by atoms with van der Waals surface area (Å²) in [7, 11) is 1.31. The molecule has 0 unspecified atom stereocenters. The van der Waals surface area contributed by atoms with Crippen LogP contribution in [0.25, 0.3) is 0 Å². The number of halogens is 2. The maximum absolute atomic E-state index is 12.4. The van der Waals surface area contributed by atoms with Crippen molar-refractivity contribution in [3.8, 4) is 5.75 Å². The van der Waals surface area contributed by atoms with E-state index in [9.17, 15) is 9.90 Å². The lowest BCUT2D eigenvalue weighted by Gasteiger charge is -2.26. The molecule has 0 amide bonds. The predicted molar refractivity (Wildman–Crippen MR) is 118 cm³/mol. The second-order valence-corrected chi connectivity index (χ2v) is 7.91. The molecule has 0 saturated heterocycles. The molecule has 0 fully saturated rings. The largest absolute Gasteiger partial charge is 0.507 e. The fourth-order valence-corrected chi connectivity index (χ4v) is 4.03. The van der Waals surface area contributed by atoms with Crippen molar-refractivity contribution in [2.75, 3.05) is 7.11 Å². The van der Waals surface area contributed by atoms with Crippen LogP contribution < -0.4 is 0 Å². The molecule has 3 rings (SSSR count). The number of phenolic OH excluding ortho intramolecular Hbond substituents is 1. The van der Waals surface area contributed by atoms with Gasteiger partial charge in [0.15, 0.2) is 0 Å². The second-order valence-electron chi connectivity index (χ2n) is 7.04. The van der Waals surface area contributed by atoms with Crippen molar-refractivity contribution in [3.05, 3.63) is 97.5 Å². The fraction of sp³-hybridized carbons (Fsp3) is 0.208. The molecule has 150 valence electrons. The zero-order chi connectivity index (χ0) is 21.3. The minimum Gasteiger partial charge on any atom is -0.507 e. The first-order valence-electron chi connectivity index (χ1n) is 9.18. The highest BCUT2D eigenvalue weighted by molar-refractivity contribution is 6.30. The van der Waals surface area contributed by atoms with Crippen molar-refractivity contribution in [1.82, 2.24) is 0 Å². The van der Waals surface area contributed by atoms with Gasteiger partial charge in [-0.2, -0.15) is 0 Å². The number of hydrogen-bond acceptors (Lipinski definition) is 3. The molecule has 0 spiro atoms. The highest BCUT2D eigenvalue weighted by Crippen LogP contribution is 2.42. The minimum atomic E-state index is -0.560. The maximum atomic E-state index is 12.4. The summed E-state index contributed by atoms with van der Waals surface area (Å²) in [6.45, 7) is 5.60. The van der Waals surface area contributed by atoms with E-state index < -0.39 is 5.97 Å². The van der Waals surface area contributed by atoms with Crippen LogP contribution in [0.15, 0.2) is 48.5 Å².